The summed E-state index contributed by atoms with van der Waals surface area (Å²) in [4.78, 5) is 12.3. The minimum atomic E-state index is -1.29. The van der Waals surface area contributed by atoms with Gasteiger partial charge in [0.25, 0.3) is 11.0 Å². The Morgan fingerprint density at radius 3 is 2.58 bits per heavy atom. The maximum atomic E-state index is 12.3. The quantitative estimate of drug-likeness (QED) is 0.649. The maximum Gasteiger partial charge on any atom is 0.313 e. The topological polar surface area (TPSA) is 56.8 Å². The Labute approximate surface area is 148 Å². The zero-order valence-electron chi connectivity index (χ0n) is 14.4. The van der Waals surface area contributed by atoms with Crippen LogP contribution in [0.4, 0.5) is 0 Å². The molecule has 2 rings (SSSR count). The maximum absolute atomic E-state index is 12.3. The molecule has 0 bridgehead atoms. The molecule has 1 N–H and O–H groups in total. The summed E-state index contributed by atoms with van der Waals surface area (Å²) >= 11 is 5.13. The van der Waals surface area contributed by atoms with Crippen LogP contribution < -0.4 is 5.32 Å². The molecule has 0 aliphatic carbocycles. The van der Waals surface area contributed by atoms with Crippen molar-refractivity contribution in [2.45, 2.75) is 45.5 Å². The molecule has 1 fully saturated rings. The Hall–Kier alpha value is -1.92. The Kier molecular flexibility index (Phi) is 5.62. The lowest BCUT2D eigenvalue weighted by atomic mass is 10.1. The van der Waals surface area contributed by atoms with Gasteiger partial charge in [0.1, 0.15) is 12.0 Å². The monoisotopic (exact) mass is 349 g/mol. The number of carbonyl (C=O) groups is 1. The van der Waals surface area contributed by atoms with Crippen LogP contribution >= 0.6 is 12.2 Å². The summed E-state index contributed by atoms with van der Waals surface area (Å²) in [7, 11) is 0. The zero-order valence-corrected chi connectivity index (χ0v) is 15.2. The summed E-state index contributed by atoms with van der Waals surface area (Å²) in [5.41, 5.74) is 0.952. The number of hydrogen-bond acceptors (Lipinski definition) is 5. The second kappa shape index (κ2) is 7.32. The van der Waals surface area contributed by atoms with Gasteiger partial charge in [-0.25, -0.2) is 0 Å². The normalized spacial score (nSPS) is 22.2. The molecule has 24 heavy (non-hydrogen) atoms. The van der Waals surface area contributed by atoms with Crippen LogP contribution in [0.15, 0.2) is 36.0 Å². The molecule has 0 amide bonds. The summed E-state index contributed by atoms with van der Waals surface area (Å²) in [5.74, 6) is -1.70. The number of hydrogen-bond donors (Lipinski definition) is 1. The van der Waals surface area contributed by atoms with Crippen molar-refractivity contribution in [2.24, 2.45) is 0 Å². The first-order chi connectivity index (χ1) is 11.2. The van der Waals surface area contributed by atoms with E-state index in [0.29, 0.717) is 12.3 Å². The van der Waals surface area contributed by atoms with E-state index in [1.807, 2.05) is 64.1 Å². The summed E-state index contributed by atoms with van der Waals surface area (Å²) in [6.07, 6.45) is 1.77. The van der Waals surface area contributed by atoms with Crippen LogP contribution in [0.5, 0.6) is 0 Å². The van der Waals surface area contributed by atoms with Crippen molar-refractivity contribution >= 4 is 29.4 Å². The van der Waals surface area contributed by atoms with Crippen molar-refractivity contribution in [3.05, 3.63) is 41.6 Å². The second-order valence-electron chi connectivity index (χ2n) is 6.43. The number of thiocarbonyl (C=S) groups is 1. The van der Waals surface area contributed by atoms with Gasteiger partial charge in [-0.1, -0.05) is 30.3 Å². The van der Waals surface area contributed by atoms with Gasteiger partial charge in [-0.15, -0.1) is 0 Å². The predicted octanol–water partition coefficient (Wildman–Crippen LogP) is 3.40. The highest BCUT2D eigenvalue weighted by atomic mass is 32.1. The van der Waals surface area contributed by atoms with Crippen molar-refractivity contribution < 1.29 is 19.0 Å². The van der Waals surface area contributed by atoms with Crippen molar-refractivity contribution in [3.63, 3.8) is 0 Å². The smallest absolute Gasteiger partial charge is 0.313 e. The van der Waals surface area contributed by atoms with Crippen LogP contribution in [0.3, 0.4) is 0 Å². The average Bonchev–Trinajstić information content (AvgIpc) is 2.73. The van der Waals surface area contributed by atoms with Crippen molar-refractivity contribution in [1.82, 2.24) is 5.32 Å². The van der Waals surface area contributed by atoms with Crippen molar-refractivity contribution in [1.29, 1.82) is 0 Å². The van der Waals surface area contributed by atoms with Crippen molar-refractivity contribution in [3.8, 4) is 0 Å². The molecule has 1 aliphatic rings. The van der Waals surface area contributed by atoms with E-state index in [2.05, 4.69) is 5.32 Å². The van der Waals surface area contributed by atoms with E-state index >= 15 is 0 Å². The average molecular weight is 349 g/mol. The first-order valence-electron chi connectivity index (χ1n) is 7.87. The van der Waals surface area contributed by atoms with Crippen LogP contribution in [-0.2, 0) is 19.0 Å². The largest absolute Gasteiger partial charge is 0.460 e. The third-order valence-electron chi connectivity index (χ3n) is 3.19. The molecule has 1 aromatic rings. The lowest BCUT2D eigenvalue weighted by Crippen LogP contribution is -2.39. The number of rotatable bonds is 5. The van der Waals surface area contributed by atoms with Crippen LogP contribution in [-0.4, -0.2) is 29.1 Å². The number of nitrogens with one attached hydrogen (secondary N) is 1. The molecule has 1 saturated heterocycles. The van der Waals surface area contributed by atoms with E-state index in [1.165, 1.54) is 0 Å². The van der Waals surface area contributed by atoms with Crippen molar-refractivity contribution in [2.75, 3.05) is 6.61 Å². The fourth-order valence-corrected chi connectivity index (χ4v) is 2.63. The predicted molar refractivity (Wildman–Crippen MR) is 96.1 cm³/mol. The molecule has 1 aromatic carbocycles. The number of ether oxygens (including phenoxy) is 3. The minimum absolute atomic E-state index is 0.0933. The number of carbonyl (C=O) groups excluding carboxylic acids is 1. The van der Waals surface area contributed by atoms with Crippen LogP contribution in [0.1, 0.15) is 39.7 Å². The lowest BCUT2D eigenvalue weighted by Gasteiger charge is -2.29. The third-order valence-corrected chi connectivity index (χ3v) is 3.38. The van der Waals surface area contributed by atoms with E-state index in [0.717, 1.165) is 5.56 Å². The van der Waals surface area contributed by atoms with Gasteiger partial charge >= 0.3 is 5.97 Å². The Morgan fingerprint density at radius 1 is 1.33 bits per heavy atom. The SMILES string of the molecule is CCOC1(CC(=O)OC(C)(C)C)OC(=S)N/C1=C/c1ccccc1. The molecule has 5 nitrogen and oxygen atoms in total. The molecule has 0 spiro atoms. The second-order valence-corrected chi connectivity index (χ2v) is 6.80. The highest BCUT2D eigenvalue weighted by Gasteiger charge is 2.47. The third kappa shape index (κ3) is 4.79. The van der Waals surface area contributed by atoms with E-state index in [1.54, 1.807) is 0 Å². The highest BCUT2D eigenvalue weighted by molar-refractivity contribution is 7.80. The summed E-state index contributed by atoms with van der Waals surface area (Å²) < 4.78 is 16.9. The molecule has 1 atom stereocenters. The van der Waals surface area contributed by atoms with Gasteiger partial charge in [0.2, 0.25) is 0 Å². The van der Waals surface area contributed by atoms with Gasteiger partial charge in [0, 0.05) is 6.61 Å². The summed E-state index contributed by atoms with van der Waals surface area (Å²) in [5, 5.41) is 3.16. The Morgan fingerprint density at radius 2 is 2.00 bits per heavy atom. The Bertz CT molecular complexity index is 636. The van der Waals surface area contributed by atoms with Crippen LogP contribution in [0, 0.1) is 0 Å². The molecule has 1 heterocycles. The number of benzene rings is 1. The van der Waals surface area contributed by atoms with Crippen LogP contribution in [0.25, 0.3) is 6.08 Å². The Balaban J connectivity index is 2.32. The molecule has 0 radical (unpaired) electrons. The standard InChI is InChI=1S/C18H23NO4S/c1-5-21-18(12-15(20)22-17(2,3)4)14(19-16(24)23-18)11-13-9-7-6-8-10-13/h6-11H,5,12H2,1-4H3,(H,19,24)/b14-11+. The van der Waals surface area contributed by atoms with Crippen LogP contribution in [0.2, 0.25) is 0 Å². The fourth-order valence-electron chi connectivity index (χ4n) is 2.39. The van der Waals surface area contributed by atoms with E-state index < -0.39 is 17.4 Å². The lowest BCUT2D eigenvalue weighted by molar-refractivity contribution is -0.183. The van der Waals surface area contributed by atoms with Gasteiger partial charge in [-0.3, -0.25) is 4.79 Å². The first-order valence-corrected chi connectivity index (χ1v) is 8.28. The first kappa shape index (κ1) is 18.4. The molecular weight excluding hydrogens is 326 g/mol. The summed E-state index contributed by atoms with van der Waals surface area (Å²) in [6.45, 7) is 7.65. The van der Waals surface area contributed by atoms with Gasteiger partial charge < -0.3 is 19.5 Å². The van der Waals surface area contributed by atoms with Gasteiger partial charge in [-0.05, 0) is 51.6 Å². The molecule has 1 unspecified atom stereocenters. The molecule has 130 valence electrons. The molecule has 1 aliphatic heterocycles. The molecule has 6 heteroatoms. The summed E-state index contributed by atoms with van der Waals surface area (Å²) in [6, 6.07) is 9.68. The van der Waals surface area contributed by atoms with Gasteiger partial charge in [0.05, 0.1) is 5.70 Å². The highest BCUT2D eigenvalue weighted by Crippen LogP contribution is 2.33. The fraction of sp³-hybridized carbons (Fsp3) is 0.444. The molecule has 0 saturated carbocycles. The van der Waals surface area contributed by atoms with Gasteiger partial charge in [-0.2, -0.15) is 0 Å². The number of esters is 1. The van der Waals surface area contributed by atoms with E-state index in [-0.39, 0.29) is 11.6 Å². The van der Waals surface area contributed by atoms with E-state index in [4.69, 9.17) is 26.4 Å². The van der Waals surface area contributed by atoms with Gasteiger partial charge in [0.15, 0.2) is 0 Å². The minimum Gasteiger partial charge on any atom is -0.460 e. The van der Waals surface area contributed by atoms with E-state index in [9.17, 15) is 4.79 Å². The zero-order chi connectivity index (χ0) is 17.8. The molecule has 0 aromatic heterocycles. The molecular formula is C18H23NO4S.